The number of rotatable bonds is 7. The van der Waals surface area contributed by atoms with Crippen LogP contribution in [-0.2, 0) is 20.7 Å². The Bertz CT molecular complexity index is 812. The fourth-order valence-corrected chi connectivity index (χ4v) is 3.35. The van der Waals surface area contributed by atoms with Crippen LogP contribution in [0.4, 0.5) is 5.69 Å². The Hall–Kier alpha value is -2.67. The molecule has 6 nitrogen and oxygen atoms in total. The molecule has 2 rings (SSSR count). The summed E-state index contributed by atoms with van der Waals surface area (Å²) in [5, 5.41) is 2.57. The van der Waals surface area contributed by atoms with E-state index in [1.165, 1.54) is 11.3 Å². The molecule has 1 N–H and O–H groups in total. The van der Waals surface area contributed by atoms with Gasteiger partial charge in [-0.25, -0.2) is 9.59 Å². The first-order chi connectivity index (χ1) is 12.5. The molecule has 0 aliphatic carbocycles. The lowest BCUT2D eigenvalue weighted by Gasteiger charge is -2.10. The van der Waals surface area contributed by atoms with Crippen LogP contribution in [0.25, 0.3) is 0 Å². The minimum atomic E-state index is -0.536. The zero-order valence-corrected chi connectivity index (χ0v) is 15.8. The fraction of sp³-hybridized carbons (Fsp3) is 0.316. The Morgan fingerprint density at radius 2 is 1.81 bits per heavy atom. The number of hydrogen-bond acceptors (Lipinski definition) is 6. The third kappa shape index (κ3) is 4.92. The molecule has 0 atom stereocenters. The van der Waals surface area contributed by atoms with Crippen molar-refractivity contribution in [2.24, 2.45) is 0 Å². The van der Waals surface area contributed by atoms with Crippen molar-refractivity contribution in [3.63, 3.8) is 0 Å². The van der Waals surface area contributed by atoms with Crippen molar-refractivity contribution in [3.05, 3.63) is 51.2 Å². The Labute approximate surface area is 156 Å². The van der Waals surface area contributed by atoms with E-state index in [9.17, 15) is 14.4 Å². The summed E-state index contributed by atoms with van der Waals surface area (Å²) in [5.74, 6) is -1.59. The van der Waals surface area contributed by atoms with E-state index >= 15 is 0 Å². The molecular weight excluding hydrogens is 354 g/mol. The molecular formula is C19H21NO5S. The van der Waals surface area contributed by atoms with E-state index in [2.05, 4.69) is 5.32 Å². The fourth-order valence-electron chi connectivity index (χ4n) is 2.34. The number of carbonyl (C=O) groups excluding carboxylic acids is 3. The second-order valence-corrected chi connectivity index (χ2v) is 6.60. The molecule has 0 fully saturated rings. The number of aryl methyl sites for hydroxylation is 2. The Balaban J connectivity index is 1.97. The first-order valence-electron chi connectivity index (χ1n) is 8.28. The van der Waals surface area contributed by atoms with E-state index in [0.29, 0.717) is 10.6 Å². The van der Waals surface area contributed by atoms with Crippen LogP contribution in [0, 0.1) is 6.92 Å². The van der Waals surface area contributed by atoms with Crippen molar-refractivity contribution in [1.82, 2.24) is 0 Å². The first-order valence-corrected chi connectivity index (χ1v) is 9.10. The molecule has 1 amide bonds. The standard InChI is InChI=1S/C19H21NO5S/c1-4-15-12(3)10-16(26-15)19(23)25-11-17(21)20-14-9-7-6-8-13(14)18(22)24-5-2/h6-10H,4-5,11H2,1-3H3,(H,20,21). The van der Waals surface area contributed by atoms with E-state index in [1.807, 2.05) is 13.8 Å². The SMILES string of the molecule is CCOC(=O)c1ccccc1NC(=O)COC(=O)c1cc(C)c(CC)s1. The highest BCUT2D eigenvalue weighted by atomic mass is 32.1. The lowest BCUT2D eigenvalue weighted by molar-refractivity contribution is -0.119. The number of esters is 2. The van der Waals surface area contributed by atoms with Crippen molar-refractivity contribution in [2.75, 3.05) is 18.5 Å². The highest BCUT2D eigenvalue weighted by molar-refractivity contribution is 7.14. The van der Waals surface area contributed by atoms with E-state index in [4.69, 9.17) is 9.47 Å². The Kier molecular flexibility index (Phi) is 6.91. The summed E-state index contributed by atoms with van der Waals surface area (Å²) in [5.41, 5.74) is 1.60. The molecule has 0 unspecified atom stereocenters. The summed E-state index contributed by atoms with van der Waals surface area (Å²) >= 11 is 1.37. The monoisotopic (exact) mass is 375 g/mol. The molecule has 0 saturated carbocycles. The van der Waals surface area contributed by atoms with Gasteiger partial charge in [-0.2, -0.15) is 0 Å². The summed E-state index contributed by atoms with van der Waals surface area (Å²) in [6.45, 7) is 5.45. The van der Waals surface area contributed by atoms with Gasteiger partial charge in [-0.05, 0) is 44.0 Å². The molecule has 0 aliphatic rings. The highest BCUT2D eigenvalue weighted by Gasteiger charge is 2.17. The van der Waals surface area contributed by atoms with Crippen LogP contribution in [0.3, 0.4) is 0 Å². The van der Waals surface area contributed by atoms with Gasteiger partial charge in [0.15, 0.2) is 6.61 Å². The number of hydrogen-bond donors (Lipinski definition) is 1. The van der Waals surface area contributed by atoms with Crippen LogP contribution in [0.2, 0.25) is 0 Å². The van der Waals surface area contributed by atoms with Gasteiger partial charge in [0, 0.05) is 4.88 Å². The summed E-state index contributed by atoms with van der Waals surface area (Å²) < 4.78 is 10.0. The molecule has 1 aromatic heterocycles. The zero-order valence-electron chi connectivity index (χ0n) is 15.0. The van der Waals surface area contributed by atoms with Crippen LogP contribution >= 0.6 is 11.3 Å². The molecule has 7 heteroatoms. The maximum atomic E-state index is 12.1. The Morgan fingerprint density at radius 1 is 1.08 bits per heavy atom. The molecule has 26 heavy (non-hydrogen) atoms. The summed E-state index contributed by atoms with van der Waals surface area (Å²) in [7, 11) is 0. The van der Waals surface area contributed by atoms with Gasteiger partial charge in [0.2, 0.25) is 0 Å². The minimum Gasteiger partial charge on any atom is -0.462 e. The van der Waals surface area contributed by atoms with Crippen LogP contribution in [0.15, 0.2) is 30.3 Å². The first kappa shape index (κ1) is 19.7. The van der Waals surface area contributed by atoms with Gasteiger partial charge in [-0.1, -0.05) is 19.1 Å². The summed E-state index contributed by atoms with van der Waals surface area (Å²) in [6, 6.07) is 8.26. The molecule has 0 saturated heterocycles. The number of ether oxygens (including phenoxy) is 2. The van der Waals surface area contributed by atoms with Gasteiger partial charge in [0.1, 0.15) is 4.88 Å². The van der Waals surface area contributed by atoms with Gasteiger partial charge in [0.25, 0.3) is 5.91 Å². The third-order valence-electron chi connectivity index (χ3n) is 3.57. The van der Waals surface area contributed by atoms with Gasteiger partial charge in [-0.15, -0.1) is 11.3 Å². The number of amides is 1. The predicted octanol–water partition coefficient (Wildman–Crippen LogP) is 3.59. The largest absolute Gasteiger partial charge is 0.462 e. The number of anilines is 1. The van der Waals surface area contributed by atoms with Gasteiger partial charge >= 0.3 is 11.9 Å². The second-order valence-electron chi connectivity index (χ2n) is 5.46. The van der Waals surface area contributed by atoms with Gasteiger partial charge in [0.05, 0.1) is 17.9 Å². The molecule has 0 bridgehead atoms. The second kappa shape index (κ2) is 9.15. The number of nitrogens with one attached hydrogen (secondary N) is 1. The normalized spacial score (nSPS) is 10.3. The van der Waals surface area contributed by atoms with E-state index < -0.39 is 24.5 Å². The van der Waals surface area contributed by atoms with Crippen LogP contribution in [0.1, 0.15) is 44.3 Å². The van der Waals surface area contributed by atoms with E-state index in [0.717, 1.165) is 16.9 Å². The quantitative estimate of drug-likeness (QED) is 0.748. The molecule has 138 valence electrons. The molecule has 0 radical (unpaired) electrons. The van der Waals surface area contributed by atoms with Crippen LogP contribution in [0.5, 0.6) is 0 Å². The molecule has 1 aromatic carbocycles. The summed E-state index contributed by atoms with van der Waals surface area (Å²) in [6.07, 6.45) is 0.842. The molecule has 2 aromatic rings. The van der Waals surface area contributed by atoms with Crippen LogP contribution in [-0.4, -0.2) is 31.1 Å². The summed E-state index contributed by atoms with van der Waals surface area (Å²) in [4.78, 5) is 37.6. The molecule has 0 spiro atoms. The predicted molar refractivity (Wildman–Crippen MR) is 99.7 cm³/mol. The van der Waals surface area contributed by atoms with E-state index in [1.54, 1.807) is 37.3 Å². The topological polar surface area (TPSA) is 81.7 Å². The molecule has 0 aliphatic heterocycles. The third-order valence-corrected chi connectivity index (χ3v) is 4.94. The van der Waals surface area contributed by atoms with Crippen LogP contribution < -0.4 is 5.32 Å². The van der Waals surface area contributed by atoms with Crippen molar-refractivity contribution in [3.8, 4) is 0 Å². The van der Waals surface area contributed by atoms with Gasteiger partial charge < -0.3 is 14.8 Å². The number of benzene rings is 1. The highest BCUT2D eigenvalue weighted by Crippen LogP contribution is 2.23. The lowest BCUT2D eigenvalue weighted by Crippen LogP contribution is -2.22. The average molecular weight is 375 g/mol. The van der Waals surface area contributed by atoms with Crippen molar-refractivity contribution in [2.45, 2.75) is 27.2 Å². The number of carbonyl (C=O) groups is 3. The maximum Gasteiger partial charge on any atom is 0.348 e. The van der Waals surface area contributed by atoms with Crippen molar-refractivity contribution >= 4 is 34.9 Å². The Morgan fingerprint density at radius 3 is 2.46 bits per heavy atom. The van der Waals surface area contributed by atoms with Gasteiger partial charge in [-0.3, -0.25) is 4.79 Å². The smallest absolute Gasteiger partial charge is 0.348 e. The van der Waals surface area contributed by atoms with E-state index in [-0.39, 0.29) is 12.2 Å². The maximum absolute atomic E-state index is 12.1. The zero-order chi connectivity index (χ0) is 19.1. The lowest BCUT2D eigenvalue weighted by atomic mass is 10.2. The average Bonchev–Trinajstić information content (AvgIpc) is 3.01. The minimum absolute atomic E-state index is 0.235. The number of para-hydroxylation sites is 1. The molecule has 1 heterocycles. The van der Waals surface area contributed by atoms with Crippen molar-refractivity contribution in [1.29, 1.82) is 0 Å². The van der Waals surface area contributed by atoms with Crippen molar-refractivity contribution < 1.29 is 23.9 Å². The number of thiophene rings is 1.